The van der Waals surface area contributed by atoms with E-state index in [9.17, 15) is 0 Å². The zero-order chi connectivity index (χ0) is 16.6. The second kappa shape index (κ2) is 9.09. The van der Waals surface area contributed by atoms with Crippen LogP contribution in [0.4, 0.5) is 0 Å². The SMILES string of the molecule is C=C/C=C\C=C(/C)C(C)(OCCN(C)C)c1ccc(Br)cc1. The molecule has 3 heteroatoms. The van der Waals surface area contributed by atoms with Crippen LogP contribution in [0.1, 0.15) is 19.4 Å². The highest BCUT2D eigenvalue weighted by Crippen LogP contribution is 2.34. The molecule has 0 radical (unpaired) electrons. The van der Waals surface area contributed by atoms with Crippen LogP contribution in [0.15, 0.2) is 65.2 Å². The molecule has 1 aromatic carbocycles. The molecule has 120 valence electrons. The summed E-state index contributed by atoms with van der Waals surface area (Å²) in [6, 6.07) is 8.31. The van der Waals surface area contributed by atoms with Crippen LogP contribution in [-0.4, -0.2) is 32.1 Å². The van der Waals surface area contributed by atoms with Gasteiger partial charge in [0.05, 0.1) is 6.61 Å². The lowest BCUT2D eigenvalue weighted by Crippen LogP contribution is -2.31. The molecule has 1 rings (SSSR count). The molecule has 0 N–H and O–H groups in total. The van der Waals surface area contributed by atoms with Gasteiger partial charge in [-0.2, -0.15) is 0 Å². The average Bonchev–Trinajstić information content (AvgIpc) is 2.47. The zero-order valence-electron chi connectivity index (χ0n) is 14.0. The molecular formula is C19H26BrNO. The summed E-state index contributed by atoms with van der Waals surface area (Å²) in [7, 11) is 4.10. The van der Waals surface area contributed by atoms with Gasteiger partial charge in [-0.05, 0) is 51.2 Å². The van der Waals surface area contributed by atoms with E-state index in [0.717, 1.165) is 22.2 Å². The fraction of sp³-hybridized carbons (Fsp3) is 0.368. The number of allylic oxidation sites excluding steroid dienone is 4. The van der Waals surface area contributed by atoms with E-state index in [0.29, 0.717) is 6.61 Å². The average molecular weight is 364 g/mol. The van der Waals surface area contributed by atoms with Crippen molar-refractivity contribution in [1.82, 2.24) is 4.90 Å². The van der Waals surface area contributed by atoms with Crippen molar-refractivity contribution in [3.8, 4) is 0 Å². The lowest BCUT2D eigenvalue weighted by atomic mass is 9.88. The fourth-order valence-corrected chi connectivity index (χ4v) is 2.33. The van der Waals surface area contributed by atoms with Crippen molar-refractivity contribution in [1.29, 1.82) is 0 Å². The Morgan fingerprint density at radius 3 is 2.45 bits per heavy atom. The van der Waals surface area contributed by atoms with Crippen molar-refractivity contribution in [2.24, 2.45) is 0 Å². The van der Waals surface area contributed by atoms with Crippen LogP contribution in [-0.2, 0) is 10.3 Å². The zero-order valence-corrected chi connectivity index (χ0v) is 15.6. The summed E-state index contributed by atoms with van der Waals surface area (Å²) < 4.78 is 7.34. The first-order chi connectivity index (χ1) is 10.4. The number of hydrogen-bond donors (Lipinski definition) is 0. The van der Waals surface area contributed by atoms with Crippen molar-refractivity contribution in [2.75, 3.05) is 27.2 Å². The number of ether oxygens (including phenoxy) is 1. The number of hydrogen-bond acceptors (Lipinski definition) is 2. The minimum Gasteiger partial charge on any atom is -0.365 e. The molecule has 1 aromatic rings. The summed E-state index contributed by atoms with van der Waals surface area (Å²) in [6.07, 6.45) is 7.77. The van der Waals surface area contributed by atoms with Gasteiger partial charge in [-0.3, -0.25) is 0 Å². The van der Waals surface area contributed by atoms with Crippen LogP contribution in [0.2, 0.25) is 0 Å². The molecule has 0 aliphatic heterocycles. The Morgan fingerprint density at radius 2 is 1.91 bits per heavy atom. The summed E-state index contributed by atoms with van der Waals surface area (Å²) in [6.45, 7) is 9.49. The number of likely N-dealkylation sites (N-methyl/N-ethyl adjacent to an activating group) is 1. The van der Waals surface area contributed by atoms with E-state index in [1.54, 1.807) is 6.08 Å². The number of rotatable bonds is 8. The fourth-order valence-electron chi connectivity index (χ4n) is 2.06. The molecule has 0 amide bonds. The molecule has 1 unspecified atom stereocenters. The van der Waals surface area contributed by atoms with E-state index in [2.05, 4.69) is 85.7 Å². The molecule has 1 atom stereocenters. The van der Waals surface area contributed by atoms with Gasteiger partial charge in [0.25, 0.3) is 0 Å². The normalized spacial score (nSPS) is 15.3. The van der Waals surface area contributed by atoms with Crippen molar-refractivity contribution >= 4 is 15.9 Å². The summed E-state index contributed by atoms with van der Waals surface area (Å²) in [5.74, 6) is 0. The van der Waals surface area contributed by atoms with Gasteiger partial charge in [0.15, 0.2) is 0 Å². The monoisotopic (exact) mass is 363 g/mol. The molecule has 0 aliphatic carbocycles. The molecule has 0 heterocycles. The summed E-state index contributed by atoms with van der Waals surface area (Å²) in [5, 5.41) is 0. The minimum absolute atomic E-state index is 0.442. The molecule has 0 fully saturated rings. The molecule has 0 saturated carbocycles. The maximum absolute atomic E-state index is 6.27. The summed E-state index contributed by atoms with van der Waals surface area (Å²) in [5.41, 5.74) is 1.87. The predicted octanol–water partition coefficient (Wildman–Crippen LogP) is 4.93. The topological polar surface area (TPSA) is 12.5 Å². The molecular weight excluding hydrogens is 338 g/mol. The van der Waals surface area contributed by atoms with Crippen LogP contribution < -0.4 is 0 Å². The lowest BCUT2D eigenvalue weighted by molar-refractivity contribution is -0.0131. The maximum Gasteiger partial charge on any atom is 0.111 e. The van der Waals surface area contributed by atoms with Crippen LogP contribution in [0, 0.1) is 0 Å². The van der Waals surface area contributed by atoms with Crippen molar-refractivity contribution in [2.45, 2.75) is 19.4 Å². The van der Waals surface area contributed by atoms with E-state index in [4.69, 9.17) is 4.74 Å². The van der Waals surface area contributed by atoms with Crippen LogP contribution in [0.5, 0.6) is 0 Å². The minimum atomic E-state index is -0.442. The van der Waals surface area contributed by atoms with E-state index >= 15 is 0 Å². The second-order valence-corrected chi connectivity index (χ2v) is 6.58. The third-order valence-electron chi connectivity index (χ3n) is 3.67. The number of halogens is 1. The van der Waals surface area contributed by atoms with E-state index in [-0.39, 0.29) is 0 Å². The Balaban J connectivity index is 3.07. The van der Waals surface area contributed by atoms with Gasteiger partial charge in [-0.1, -0.05) is 58.9 Å². The third-order valence-corrected chi connectivity index (χ3v) is 4.20. The first-order valence-electron chi connectivity index (χ1n) is 7.41. The number of benzene rings is 1. The standard InChI is InChI=1S/C19H26BrNO/c1-6-7-8-9-16(2)19(3,22-15-14-21(4)5)17-10-12-18(20)13-11-17/h6-13H,1,14-15H2,2-5H3/b8-7-,16-9+. The summed E-state index contributed by atoms with van der Waals surface area (Å²) >= 11 is 3.49. The second-order valence-electron chi connectivity index (χ2n) is 5.66. The Bertz CT molecular complexity index is 531. The Hall–Kier alpha value is -1.16. The van der Waals surface area contributed by atoms with Crippen LogP contribution in [0.25, 0.3) is 0 Å². The van der Waals surface area contributed by atoms with Crippen molar-refractivity contribution in [3.05, 3.63) is 70.8 Å². The van der Waals surface area contributed by atoms with Gasteiger partial charge in [0.1, 0.15) is 5.60 Å². The smallest absolute Gasteiger partial charge is 0.111 e. The van der Waals surface area contributed by atoms with Crippen LogP contribution >= 0.6 is 15.9 Å². The van der Waals surface area contributed by atoms with E-state index in [1.165, 1.54) is 0 Å². The molecule has 0 spiro atoms. The van der Waals surface area contributed by atoms with Gasteiger partial charge >= 0.3 is 0 Å². The molecule has 0 aromatic heterocycles. The molecule has 22 heavy (non-hydrogen) atoms. The van der Waals surface area contributed by atoms with Gasteiger partial charge in [-0.25, -0.2) is 0 Å². The Kier molecular flexibility index (Phi) is 7.80. The van der Waals surface area contributed by atoms with Crippen LogP contribution in [0.3, 0.4) is 0 Å². The van der Waals surface area contributed by atoms with Gasteiger partial charge in [-0.15, -0.1) is 0 Å². The van der Waals surface area contributed by atoms with E-state index < -0.39 is 5.60 Å². The predicted molar refractivity (Wildman–Crippen MR) is 99.1 cm³/mol. The first kappa shape index (κ1) is 18.9. The van der Waals surface area contributed by atoms with Gasteiger partial charge in [0.2, 0.25) is 0 Å². The quantitative estimate of drug-likeness (QED) is 0.607. The molecule has 0 saturated heterocycles. The lowest BCUT2D eigenvalue weighted by Gasteiger charge is -2.32. The first-order valence-corrected chi connectivity index (χ1v) is 8.20. The van der Waals surface area contributed by atoms with Gasteiger partial charge < -0.3 is 9.64 Å². The highest BCUT2D eigenvalue weighted by molar-refractivity contribution is 9.10. The highest BCUT2D eigenvalue weighted by Gasteiger charge is 2.29. The third kappa shape index (κ3) is 5.56. The Labute approximate surface area is 143 Å². The molecule has 0 aliphatic rings. The largest absolute Gasteiger partial charge is 0.365 e. The van der Waals surface area contributed by atoms with E-state index in [1.807, 2.05) is 12.2 Å². The highest BCUT2D eigenvalue weighted by atomic mass is 79.9. The summed E-state index contributed by atoms with van der Waals surface area (Å²) in [4.78, 5) is 2.12. The van der Waals surface area contributed by atoms with Crippen molar-refractivity contribution in [3.63, 3.8) is 0 Å². The molecule has 0 bridgehead atoms. The van der Waals surface area contributed by atoms with Crippen molar-refractivity contribution < 1.29 is 4.74 Å². The molecule has 2 nitrogen and oxygen atoms in total. The Morgan fingerprint density at radius 1 is 1.27 bits per heavy atom. The van der Waals surface area contributed by atoms with Gasteiger partial charge in [0, 0.05) is 11.0 Å². The maximum atomic E-state index is 6.27. The number of nitrogens with zero attached hydrogens (tertiary/aromatic N) is 1.